The molecule has 1 unspecified atom stereocenters. The summed E-state index contributed by atoms with van der Waals surface area (Å²) < 4.78 is 4.89. The third-order valence-corrected chi connectivity index (χ3v) is 4.48. The minimum absolute atomic E-state index is 0.0114. The van der Waals surface area contributed by atoms with Crippen LogP contribution in [0.3, 0.4) is 0 Å². The van der Waals surface area contributed by atoms with Crippen molar-refractivity contribution in [3.63, 3.8) is 0 Å². The Morgan fingerprint density at radius 3 is 2.38 bits per heavy atom. The topological polar surface area (TPSA) is 53.1 Å². The molecule has 0 aliphatic carbocycles. The Morgan fingerprint density at radius 1 is 1.17 bits per heavy atom. The molecule has 1 fully saturated rings. The summed E-state index contributed by atoms with van der Waals surface area (Å²) in [5.74, 6) is 0.118. The van der Waals surface area contributed by atoms with Crippen LogP contribution in [0.5, 0.6) is 0 Å². The molecule has 0 bridgehead atoms. The first-order valence-corrected chi connectivity index (χ1v) is 8.32. The van der Waals surface area contributed by atoms with E-state index in [1.165, 1.54) is 7.11 Å². The molecule has 24 heavy (non-hydrogen) atoms. The van der Waals surface area contributed by atoms with Gasteiger partial charge >= 0.3 is 0 Å². The van der Waals surface area contributed by atoms with Gasteiger partial charge in [-0.25, -0.2) is 0 Å². The lowest BCUT2D eigenvalue weighted by molar-refractivity contribution is -0.140. The highest BCUT2D eigenvalue weighted by Gasteiger charge is 2.28. The van der Waals surface area contributed by atoms with E-state index in [1.807, 2.05) is 44.3 Å². The Bertz CT molecular complexity index is 542. The molecule has 1 heterocycles. The maximum absolute atomic E-state index is 12.6. The van der Waals surface area contributed by atoms with Gasteiger partial charge in [-0.1, -0.05) is 30.3 Å². The van der Waals surface area contributed by atoms with E-state index in [0.29, 0.717) is 32.7 Å². The van der Waals surface area contributed by atoms with Gasteiger partial charge in [-0.3, -0.25) is 14.5 Å². The summed E-state index contributed by atoms with van der Waals surface area (Å²) in [5.41, 5.74) is 1.12. The first-order valence-electron chi connectivity index (χ1n) is 8.32. The minimum atomic E-state index is -0.182. The summed E-state index contributed by atoms with van der Waals surface area (Å²) in [4.78, 5) is 30.2. The third kappa shape index (κ3) is 4.79. The molecule has 2 rings (SSSR count). The fraction of sp³-hybridized carbons (Fsp3) is 0.556. The van der Waals surface area contributed by atoms with E-state index in [9.17, 15) is 9.59 Å². The second-order valence-corrected chi connectivity index (χ2v) is 6.21. The van der Waals surface area contributed by atoms with Gasteiger partial charge in [-0.2, -0.15) is 0 Å². The van der Waals surface area contributed by atoms with Gasteiger partial charge in [0.1, 0.15) is 6.61 Å². The van der Waals surface area contributed by atoms with Crippen molar-refractivity contribution in [3.8, 4) is 0 Å². The number of hydrogen-bond acceptors (Lipinski definition) is 4. The molecule has 0 radical (unpaired) electrons. The molecule has 1 aromatic rings. The number of likely N-dealkylation sites (N-methyl/N-ethyl adjacent to an activating group) is 1. The highest BCUT2D eigenvalue weighted by atomic mass is 16.5. The van der Waals surface area contributed by atoms with Crippen LogP contribution in [0.25, 0.3) is 0 Å². The molecule has 1 saturated heterocycles. The Hall–Kier alpha value is -1.92. The number of hydrogen-bond donors (Lipinski definition) is 0. The number of carbonyl (C=O) groups is 2. The van der Waals surface area contributed by atoms with Crippen molar-refractivity contribution in [2.45, 2.75) is 19.5 Å². The molecule has 6 heteroatoms. The normalized spacial score (nSPS) is 16.7. The van der Waals surface area contributed by atoms with E-state index in [2.05, 4.69) is 4.90 Å². The SMILES string of the molecule is COCC(=O)N1CCN(C(C)C(=O)N(C)Cc2ccccc2)CC1. The van der Waals surface area contributed by atoms with E-state index >= 15 is 0 Å². The van der Waals surface area contributed by atoms with Crippen molar-refractivity contribution in [2.75, 3.05) is 46.9 Å². The van der Waals surface area contributed by atoms with Gasteiger partial charge in [0.25, 0.3) is 0 Å². The molecular formula is C18H27N3O3. The van der Waals surface area contributed by atoms with E-state index < -0.39 is 0 Å². The average Bonchev–Trinajstić information content (AvgIpc) is 2.61. The van der Waals surface area contributed by atoms with Crippen molar-refractivity contribution in [3.05, 3.63) is 35.9 Å². The van der Waals surface area contributed by atoms with Crippen LogP contribution in [-0.4, -0.2) is 79.5 Å². The van der Waals surface area contributed by atoms with Gasteiger partial charge in [0, 0.05) is 46.9 Å². The first kappa shape index (κ1) is 18.4. The molecule has 0 spiro atoms. The lowest BCUT2D eigenvalue weighted by Crippen LogP contribution is -2.55. The number of ether oxygens (including phenoxy) is 1. The summed E-state index contributed by atoms with van der Waals surface area (Å²) in [6, 6.07) is 9.79. The van der Waals surface area contributed by atoms with Gasteiger partial charge in [0.15, 0.2) is 0 Å². The zero-order chi connectivity index (χ0) is 17.5. The predicted octanol–water partition coefficient (Wildman–Crippen LogP) is 0.824. The number of methoxy groups -OCH3 is 1. The summed E-state index contributed by atoms with van der Waals surface area (Å²) in [5, 5.41) is 0. The van der Waals surface area contributed by atoms with Crippen LogP contribution in [0.2, 0.25) is 0 Å². The van der Waals surface area contributed by atoms with Gasteiger partial charge < -0.3 is 14.5 Å². The van der Waals surface area contributed by atoms with Crippen LogP contribution in [0.4, 0.5) is 0 Å². The molecule has 1 aliphatic rings. The van der Waals surface area contributed by atoms with Crippen molar-refractivity contribution in [1.29, 1.82) is 0 Å². The van der Waals surface area contributed by atoms with Crippen LogP contribution in [0.15, 0.2) is 30.3 Å². The summed E-state index contributed by atoms with van der Waals surface area (Å²) in [6.45, 7) is 5.37. The number of benzene rings is 1. The smallest absolute Gasteiger partial charge is 0.248 e. The van der Waals surface area contributed by atoms with E-state index in [-0.39, 0.29) is 24.5 Å². The van der Waals surface area contributed by atoms with Crippen molar-refractivity contribution in [2.24, 2.45) is 0 Å². The van der Waals surface area contributed by atoms with E-state index in [1.54, 1.807) is 9.80 Å². The van der Waals surface area contributed by atoms with Crippen molar-refractivity contribution in [1.82, 2.24) is 14.7 Å². The molecule has 1 aliphatic heterocycles. The largest absolute Gasteiger partial charge is 0.375 e. The van der Waals surface area contributed by atoms with E-state index in [4.69, 9.17) is 4.74 Å². The summed E-state index contributed by atoms with van der Waals surface area (Å²) in [6.07, 6.45) is 0. The fourth-order valence-corrected chi connectivity index (χ4v) is 2.98. The second-order valence-electron chi connectivity index (χ2n) is 6.21. The molecule has 2 amide bonds. The van der Waals surface area contributed by atoms with Crippen molar-refractivity contribution < 1.29 is 14.3 Å². The number of rotatable bonds is 6. The Balaban J connectivity index is 1.84. The highest BCUT2D eigenvalue weighted by molar-refractivity contribution is 5.81. The standard InChI is InChI=1S/C18H27N3O3/c1-15(18(23)19(2)13-16-7-5-4-6-8-16)20-9-11-21(12-10-20)17(22)14-24-3/h4-8,15H,9-14H2,1-3H3. The van der Waals surface area contributed by atoms with E-state index in [0.717, 1.165) is 5.56 Å². The zero-order valence-electron chi connectivity index (χ0n) is 14.8. The minimum Gasteiger partial charge on any atom is -0.375 e. The highest BCUT2D eigenvalue weighted by Crippen LogP contribution is 2.11. The van der Waals surface area contributed by atoms with Gasteiger partial charge in [0.2, 0.25) is 11.8 Å². The molecule has 132 valence electrons. The molecule has 0 N–H and O–H groups in total. The molecule has 6 nitrogen and oxygen atoms in total. The second kappa shape index (κ2) is 8.80. The molecule has 1 aromatic carbocycles. The van der Waals surface area contributed by atoms with Crippen LogP contribution in [-0.2, 0) is 20.9 Å². The Labute approximate surface area is 144 Å². The Morgan fingerprint density at radius 2 is 1.79 bits per heavy atom. The molecule has 0 saturated carbocycles. The first-order chi connectivity index (χ1) is 11.5. The van der Waals surface area contributed by atoms with Crippen LogP contribution in [0.1, 0.15) is 12.5 Å². The maximum Gasteiger partial charge on any atom is 0.248 e. The summed E-state index contributed by atoms with van der Waals surface area (Å²) >= 11 is 0. The molecule has 1 atom stereocenters. The van der Waals surface area contributed by atoms with Crippen LogP contribution >= 0.6 is 0 Å². The van der Waals surface area contributed by atoms with Gasteiger partial charge in [-0.15, -0.1) is 0 Å². The number of piperazine rings is 1. The quantitative estimate of drug-likeness (QED) is 0.774. The average molecular weight is 333 g/mol. The lowest BCUT2D eigenvalue weighted by Gasteiger charge is -2.38. The van der Waals surface area contributed by atoms with Gasteiger partial charge in [0.05, 0.1) is 6.04 Å². The number of carbonyl (C=O) groups excluding carboxylic acids is 2. The Kier molecular flexibility index (Phi) is 6.75. The van der Waals surface area contributed by atoms with Crippen molar-refractivity contribution >= 4 is 11.8 Å². The lowest BCUT2D eigenvalue weighted by atomic mass is 10.1. The third-order valence-electron chi connectivity index (χ3n) is 4.48. The monoisotopic (exact) mass is 333 g/mol. The van der Waals surface area contributed by atoms with Crippen LogP contribution in [0, 0.1) is 0 Å². The number of amides is 2. The zero-order valence-corrected chi connectivity index (χ0v) is 14.8. The number of nitrogens with zero attached hydrogens (tertiary/aromatic N) is 3. The van der Waals surface area contributed by atoms with Gasteiger partial charge in [-0.05, 0) is 12.5 Å². The van der Waals surface area contributed by atoms with Crippen LogP contribution < -0.4 is 0 Å². The molecular weight excluding hydrogens is 306 g/mol. The maximum atomic E-state index is 12.6. The summed E-state index contributed by atoms with van der Waals surface area (Å²) in [7, 11) is 3.36. The fourth-order valence-electron chi connectivity index (χ4n) is 2.98. The molecule has 0 aromatic heterocycles. The predicted molar refractivity (Wildman–Crippen MR) is 92.4 cm³/mol.